The van der Waals surface area contributed by atoms with Gasteiger partial charge in [0.15, 0.2) is 17.4 Å². The molecule has 0 amide bonds. The molecule has 0 saturated heterocycles. The predicted molar refractivity (Wildman–Crippen MR) is 37.8 cm³/mol. The lowest BCUT2D eigenvalue weighted by Crippen LogP contribution is -2.36. The standard InChI is InChI=1S/C6H4BF3O3/c8-2-1-3(9)6(11)5(10)4(2)7(12)13/h1,11-13H. The van der Waals surface area contributed by atoms with Crippen LogP contribution in [0.5, 0.6) is 5.75 Å². The van der Waals surface area contributed by atoms with E-state index in [0.717, 1.165) is 0 Å². The fraction of sp³-hybridized carbons (Fsp3) is 0. The largest absolute Gasteiger partial charge is 0.503 e. The maximum absolute atomic E-state index is 12.7. The minimum absolute atomic E-state index is 0.160. The lowest BCUT2D eigenvalue weighted by Gasteiger charge is -2.05. The van der Waals surface area contributed by atoms with Crippen LogP contribution in [0.2, 0.25) is 0 Å². The molecule has 1 rings (SSSR count). The summed E-state index contributed by atoms with van der Waals surface area (Å²) in [4.78, 5) is 0. The van der Waals surface area contributed by atoms with Crippen molar-refractivity contribution in [3.63, 3.8) is 0 Å². The van der Waals surface area contributed by atoms with Crippen LogP contribution >= 0.6 is 0 Å². The van der Waals surface area contributed by atoms with Crippen molar-refractivity contribution in [1.82, 2.24) is 0 Å². The minimum Gasteiger partial charge on any atom is -0.503 e. The van der Waals surface area contributed by atoms with Gasteiger partial charge >= 0.3 is 7.12 Å². The second-order valence-corrected chi connectivity index (χ2v) is 2.29. The monoisotopic (exact) mass is 192 g/mol. The summed E-state index contributed by atoms with van der Waals surface area (Å²) in [5.74, 6) is -6.13. The van der Waals surface area contributed by atoms with Gasteiger partial charge in [-0.15, -0.1) is 0 Å². The average molecular weight is 192 g/mol. The normalized spacial score (nSPS) is 10.2. The summed E-state index contributed by atoms with van der Waals surface area (Å²) in [6.45, 7) is 0. The van der Waals surface area contributed by atoms with E-state index in [1.807, 2.05) is 0 Å². The first kappa shape index (κ1) is 9.88. The summed E-state index contributed by atoms with van der Waals surface area (Å²) in [5.41, 5.74) is -1.18. The minimum atomic E-state index is -2.44. The Hall–Kier alpha value is -1.21. The Morgan fingerprint density at radius 1 is 1.08 bits per heavy atom. The van der Waals surface area contributed by atoms with Crippen molar-refractivity contribution in [2.24, 2.45) is 0 Å². The topological polar surface area (TPSA) is 60.7 Å². The SMILES string of the molecule is OB(O)c1c(F)cc(F)c(O)c1F. The highest BCUT2D eigenvalue weighted by atomic mass is 19.1. The number of hydrogen-bond donors (Lipinski definition) is 3. The lowest BCUT2D eigenvalue weighted by molar-refractivity contribution is 0.385. The Morgan fingerprint density at radius 2 is 1.62 bits per heavy atom. The van der Waals surface area contributed by atoms with E-state index in [1.54, 1.807) is 0 Å². The number of benzene rings is 1. The van der Waals surface area contributed by atoms with Gasteiger partial charge < -0.3 is 15.2 Å². The summed E-state index contributed by atoms with van der Waals surface area (Å²) in [7, 11) is -2.44. The van der Waals surface area contributed by atoms with Crippen LogP contribution in [0.3, 0.4) is 0 Å². The number of aromatic hydroxyl groups is 1. The van der Waals surface area contributed by atoms with E-state index in [0.29, 0.717) is 0 Å². The summed E-state index contributed by atoms with van der Waals surface area (Å²) in [6, 6.07) is 0.160. The van der Waals surface area contributed by atoms with E-state index in [4.69, 9.17) is 15.2 Å². The molecule has 0 atom stereocenters. The van der Waals surface area contributed by atoms with Crippen molar-refractivity contribution in [2.75, 3.05) is 0 Å². The molecule has 0 fully saturated rings. The van der Waals surface area contributed by atoms with Crippen LogP contribution in [0.25, 0.3) is 0 Å². The van der Waals surface area contributed by atoms with E-state index in [-0.39, 0.29) is 6.07 Å². The molecule has 0 radical (unpaired) electrons. The van der Waals surface area contributed by atoms with Crippen molar-refractivity contribution in [2.45, 2.75) is 0 Å². The maximum atomic E-state index is 12.7. The van der Waals surface area contributed by atoms with Crippen LogP contribution in [0.4, 0.5) is 13.2 Å². The molecule has 0 saturated carbocycles. The molecule has 13 heavy (non-hydrogen) atoms. The number of phenolic OH excluding ortho intramolecular Hbond substituents is 1. The first-order valence-electron chi connectivity index (χ1n) is 3.17. The summed E-state index contributed by atoms with van der Waals surface area (Å²) < 4.78 is 37.7. The van der Waals surface area contributed by atoms with Crippen molar-refractivity contribution in [3.05, 3.63) is 23.5 Å². The van der Waals surface area contributed by atoms with Gasteiger partial charge in [-0.2, -0.15) is 0 Å². The molecule has 0 aliphatic rings. The van der Waals surface area contributed by atoms with Gasteiger partial charge in [0.05, 0.1) is 5.46 Å². The fourth-order valence-electron chi connectivity index (χ4n) is 0.831. The molecule has 0 spiro atoms. The van der Waals surface area contributed by atoms with Crippen molar-refractivity contribution < 1.29 is 28.3 Å². The van der Waals surface area contributed by atoms with Gasteiger partial charge in [-0.25, -0.2) is 13.2 Å². The van der Waals surface area contributed by atoms with Crippen LogP contribution in [0, 0.1) is 17.5 Å². The molecule has 0 aliphatic heterocycles. The van der Waals surface area contributed by atoms with Crippen LogP contribution < -0.4 is 5.46 Å². The van der Waals surface area contributed by atoms with E-state index in [1.165, 1.54) is 0 Å². The maximum Gasteiger partial charge on any atom is 0.494 e. The molecular weight excluding hydrogens is 188 g/mol. The van der Waals surface area contributed by atoms with Gasteiger partial charge in [0.1, 0.15) is 5.82 Å². The third-order valence-electron chi connectivity index (χ3n) is 1.44. The van der Waals surface area contributed by atoms with Crippen molar-refractivity contribution in [1.29, 1.82) is 0 Å². The third kappa shape index (κ3) is 1.61. The Bertz CT molecular complexity index is 342. The van der Waals surface area contributed by atoms with Crippen molar-refractivity contribution >= 4 is 12.6 Å². The number of phenols is 1. The van der Waals surface area contributed by atoms with Gasteiger partial charge in [-0.3, -0.25) is 0 Å². The van der Waals surface area contributed by atoms with Gasteiger partial charge in [0, 0.05) is 6.07 Å². The van der Waals surface area contributed by atoms with Gasteiger partial charge in [0.2, 0.25) is 0 Å². The highest BCUT2D eigenvalue weighted by molar-refractivity contribution is 6.58. The molecule has 7 heteroatoms. The molecule has 0 bridgehead atoms. The van der Waals surface area contributed by atoms with Gasteiger partial charge in [-0.05, 0) is 0 Å². The zero-order chi connectivity index (χ0) is 10.2. The predicted octanol–water partition coefficient (Wildman–Crippen LogP) is -0.511. The van der Waals surface area contributed by atoms with Crippen LogP contribution in [-0.4, -0.2) is 22.3 Å². The van der Waals surface area contributed by atoms with Crippen LogP contribution in [0.1, 0.15) is 0 Å². The molecule has 0 aliphatic carbocycles. The zero-order valence-corrected chi connectivity index (χ0v) is 6.13. The summed E-state index contributed by atoms with van der Waals surface area (Å²) in [5, 5.41) is 25.5. The highest BCUT2D eigenvalue weighted by Gasteiger charge is 2.26. The molecule has 3 N–H and O–H groups in total. The van der Waals surface area contributed by atoms with Crippen LogP contribution in [0.15, 0.2) is 6.07 Å². The summed E-state index contributed by atoms with van der Waals surface area (Å²) >= 11 is 0. The van der Waals surface area contributed by atoms with Crippen molar-refractivity contribution in [3.8, 4) is 5.75 Å². The molecular formula is C6H4BF3O3. The summed E-state index contributed by atoms with van der Waals surface area (Å²) in [6.07, 6.45) is 0. The Labute approximate surface area is 71.2 Å². The number of halogens is 3. The molecule has 0 aromatic heterocycles. The van der Waals surface area contributed by atoms with E-state index < -0.39 is 35.8 Å². The molecule has 0 unspecified atom stereocenters. The van der Waals surface area contributed by atoms with Crippen LogP contribution in [-0.2, 0) is 0 Å². The second kappa shape index (κ2) is 3.27. The Balaban J connectivity index is 3.44. The molecule has 1 aromatic carbocycles. The lowest BCUT2D eigenvalue weighted by atomic mass is 9.79. The first-order valence-corrected chi connectivity index (χ1v) is 3.17. The smallest absolute Gasteiger partial charge is 0.494 e. The quantitative estimate of drug-likeness (QED) is 0.525. The zero-order valence-electron chi connectivity index (χ0n) is 6.13. The van der Waals surface area contributed by atoms with Gasteiger partial charge in [0.25, 0.3) is 0 Å². The average Bonchev–Trinajstić information content (AvgIpc) is 1.99. The second-order valence-electron chi connectivity index (χ2n) is 2.29. The number of rotatable bonds is 1. The first-order chi connectivity index (χ1) is 5.95. The third-order valence-corrected chi connectivity index (χ3v) is 1.44. The fourth-order valence-corrected chi connectivity index (χ4v) is 0.831. The van der Waals surface area contributed by atoms with E-state index in [9.17, 15) is 13.2 Å². The molecule has 0 heterocycles. The van der Waals surface area contributed by atoms with E-state index in [2.05, 4.69) is 0 Å². The van der Waals surface area contributed by atoms with E-state index >= 15 is 0 Å². The molecule has 3 nitrogen and oxygen atoms in total. The molecule has 70 valence electrons. The Kier molecular flexibility index (Phi) is 2.49. The highest BCUT2D eigenvalue weighted by Crippen LogP contribution is 2.19. The Morgan fingerprint density at radius 3 is 2.08 bits per heavy atom. The number of hydrogen-bond acceptors (Lipinski definition) is 3. The molecule has 1 aromatic rings. The van der Waals surface area contributed by atoms with Gasteiger partial charge in [-0.1, -0.05) is 0 Å².